The predicted octanol–water partition coefficient (Wildman–Crippen LogP) is -0.521. The van der Waals surface area contributed by atoms with Gasteiger partial charge in [0.15, 0.2) is 0 Å². The van der Waals surface area contributed by atoms with Crippen molar-refractivity contribution in [1.82, 2.24) is 0 Å². The normalized spacial score (nSPS) is 8.42. The number of unbranched alkanes of at least 4 members (excludes halogenated alkanes) is 2. The van der Waals surface area contributed by atoms with Gasteiger partial charge in [-0.05, 0) is 0 Å². The first-order valence-corrected chi connectivity index (χ1v) is 4.62. The molecule has 0 saturated carbocycles. The summed E-state index contributed by atoms with van der Waals surface area (Å²) in [5.41, 5.74) is 0. The highest BCUT2D eigenvalue weighted by Gasteiger charge is 1.94. The van der Waals surface area contributed by atoms with E-state index in [0.29, 0.717) is 0 Å². The molecule has 7 heteroatoms. The van der Waals surface area contributed by atoms with E-state index in [1.165, 1.54) is 32.6 Å². The van der Waals surface area contributed by atoms with Crippen LogP contribution >= 0.6 is 0 Å². The molecule has 0 fully saturated rings. The van der Waals surface area contributed by atoms with E-state index in [0.717, 1.165) is 0 Å². The lowest BCUT2D eigenvalue weighted by atomic mass is 8.95. The summed E-state index contributed by atoms with van der Waals surface area (Å²) in [6.07, 6.45) is 5.11. The van der Waals surface area contributed by atoms with E-state index in [9.17, 15) is 0 Å². The fraction of sp³-hybridized carbons (Fsp3) is 1.00. The third-order valence-corrected chi connectivity index (χ3v) is 1.55. The first-order valence-electron chi connectivity index (χ1n) is 4.62. The maximum absolute atomic E-state index is 5.15. The van der Waals surface area contributed by atoms with Gasteiger partial charge in [-0.15, -0.1) is 0 Å². The Bertz CT molecular complexity index is 68.2. The van der Waals surface area contributed by atoms with Gasteiger partial charge in [0.2, 0.25) is 0 Å². The zero-order chi connectivity index (χ0) is 9.07. The molecule has 0 heterocycles. The highest BCUT2D eigenvalue weighted by atomic mass is 13.8. The molecule has 0 bridgehead atoms. The molecule has 0 saturated heterocycles. The van der Waals surface area contributed by atoms with Gasteiger partial charge >= 0.3 is 0 Å². The lowest BCUT2D eigenvalue weighted by Crippen LogP contribution is -2.26. The van der Waals surface area contributed by atoms with Crippen molar-refractivity contribution in [1.29, 1.82) is 0 Å². The van der Waals surface area contributed by atoms with Gasteiger partial charge < -0.3 is 0 Å². The molecular weight excluding hydrogens is 136 g/mol. The minimum absolute atomic E-state index is 1.19. The van der Waals surface area contributed by atoms with E-state index in [4.69, 9.17) is 7.74 Å². The van der Waals surface area contributed by atoms with E-state index in [-0.39, 0.29) is 0 Å². The van der Waals surface area contributed by atoms with Crippen LogP contribution in [0.3, 0.4) is 0 Å². The number of hydrogen-bond donors (Lipinski definition) is 0. The largest absolute Gasteiger partial charge is 0.0895 e. The number of hydrogen-bond acceptors (Lipinski definition) is 0. The van der Waals surface area contributed by atoms with Crippen molar-refractivity contribution in [3.63, 3.8) is 0 Å². The molecule has 0 spiro atoms. The Hall–Kier alpha value is 0.455. The summed E-state index contributed by atoms with van der Waals surface area (Å²) in [6, 6.07) is 0. The standard InChI is InChI=1S/C5H11B7/c1-2-3-4-5-7-9-11-12-10-8-6/h2-5H2,1H3. The highest BCUT2D eigenvalue weighted by molar-refractivity contribution is 7.61. The Morgan fingerprint density at radius 3 is 2.42 bits per heavy atom. The molecular formula is C5H11B7. The average molecular weight is 147 g/mol. The van der Waals surface area contributed by atoms with E-state index in [2.05, 4.69) is 21.2 Å². The molecule has 8 radical (unpaired) electrons. The van der Waals surface area contributed by atoms with Crippen molar-refractivity contribution < 1.29 is 0 Å². The molecule has 0 aliphatic rings. The minimum Gasteiger partial charge on any atom is -0.0895 e. The van der Waals surface area contributed by atoms with Gasteiger partial charge in [-0.3, -0.25) is 0 Å². The Morgan fingerprint density at radius 2 is 1.75 bits per heavy atom. The van der Waals surface area contributed by atoms with Crippen LogP contribution in [0.15, 0.2) is 0 Å². The first-order chi connectivity index (χ1) is 5.91. The van der Waals surface area contributed by atoms with Crippen LogP contribution in [0, 0.1) is 0 Å². The second-order valence-corrected chi connectivity index (χ2v) is 2.69. The molecule has 12 heavy (non-hydrogen) atoms. The van der Waals surface area contributed by atoms with Crippen LogP contribution < -0.4 is 0 Å². The smallest absolute Gasteiger partial charge is 0.0544 e. The summed E-state index contributed by atoms with van der Waals surface area (Å²) >= 11 is 0. The van der Waals surface area contributed by atoms with Crippen LogP contribution in [0.5, 0.6) is 0 Å². The first kappa shape index (κ1) is 12.5. The van der Waals surface area contributed by atoms with Crippen molar-refractivity contribution in [2.75, 3.05) is 0 Å². The summed E-state index contributed by atoms with van der Waals surface area (Å²) in [6.45, 7) is 2.22. The SMILES string of the molecule is [B][B][B][B][B][B][B]CCCCC. The average Bonchev–Trinajstić information content (AvgIpc) is 2.10. The topological polar surface area (TPSA) is 0 Å². The van der Waals surface area contributed by atoms with Crippen molar-refractivity contribution in [2.45, 2.75) is 32.5 Å². The van der Waals surface area contributed by atoms with Crippen molar-refractivity contribution in [2.24, 2.45) is 0 Å². The Morgan fingerprint density at radius 1 is 1.00 bits per heavy atom. The maximum atomic E-state index is 5.15. The molecule has 0 atom stereocenters. The monoisotopic (exact) mass is 148 g/mol. The van der Waals surface area contributed by atoms with Gasteiger partial charge in [0.1, 0.15) is 0 Å². The highest BCUT2D eigenvalue weighted by Crippen LogP contribution is 1.97. The molecule has 0 unspecified atom stereocenters. The molecule has 0 aliphatic heterocycles. The summed E-state index contributed by atoms with van der Waals surface area (Å²) in [4.78, 5) is 0. The Labute approximate surface area is 83.2 Å². The van der Waals surface area contributed by atoms with Crippen molar-refractivity contribution in [3.8, 4) is 0 Å². The van der Waals surface area contributed by atoms with Gasteiger partial charge in [0.05, 0.1) is 7.17 Å². The Balaban J connectivity index is 2.73. The fourth-order valence-corrected chi connectivity index (χ4v) is 0.879. The lowest BCUT2D eigenvalue weighted by molar-refractivity contribution is 0.770. The van der Waals surface area contributed by atoms with E-state index in [1.54, 1.807) is 0 Å². The van der Waals surface area contributed by atoms with Crippen LogP contribution in [-0.2, 0) is 0 Å². The van der Waals surface area contributed by atoms with Crippen LogP contribution in [0.25, 0.3) is 0 Å². The van der Waals surface area contributed by atoms with Gasteiger partial charge in [0, 0.05) is 43.0 Å². The zero-order valence-corrected chi connectivity index (χ0v) is 7.87. The molecule has 0 N–H and O–H groups in total. The third kappa shape index (κ3) is 10.5. The Kier molecular flexibility index (Phi) is 11.9. The quantitative estimate of drug-likeness (QED) is 0.304. The van der Waals surface area contributed by atoms with Crippen molar-refractivity contribution in [3.05, 3.63) is 0 Å². The summed E-state index contributed by atoms with van der Waals surface area (Å²) < 4.78 is 0. The summed E-state index contributed by atoms with van der Waals surface area (Å²) in [5.74, 6) is 0. The van der Waals surface area contributed by atoms with E-state index in [1.807, 2.05) is 21.2 Å². The molecule has 0 rings (SSSR count). The van der Waals surface area contributed by atoms with Crippen LogP contribution in [0.2, 0.25) is 6.32 Å². The molecule has 0 aromatic carbocycles. The number of rotatable bonds is 9. The van der Waals surface area contributed by atoms with Crippen LogP contribution in [0.1, 0.15) is 26.2 Å². The van der Waals surface area contributed by atoms with Gasteiger partial charge in [-0.25, -0.2) is 0 Å². The zero-order valence-electron chi connectivity index (χ0n) is 7.87. The predicted molar refractivity (Wildman–Crippen MR) is 64.6 cm³/mol. The van der Waals surface area contributed by atoms with Gasteiger partial charge in [-0.2, -0.15) is 0 Å². The van der Waals surface area contributed by atoms with Crippen LogP contribution in [-0.4, -0.2) is 50.2 Å². The van der Waals surface area contributed by atoms with E-state index >= 15 is 0 Å². The molecule has 0 aliphatic carbocycles. The van der Waals surface area contributed by atoms with Gasteiger partial charge in [0.25, 0.3) is 0 Å². The van der Waals surface area contributed by atoms with Crippen LogP contribution in [0.4, 0.5) is 0 Å². The molecule has 0 amide bonds. The second kappa shape index (κ2) is 11.5. The van der Waals surface area contributed by atoms with Gasteiger partial charge in [-0.1, -0.05) is 32.5 Å². The molecule has 0 nitrogen and oxygen atoms in total. The molecule has 52 valence electrons. The molecule has 0 aromatic heterocycles. The fourth-order valence-electron chi connectivity index (χ4n) is 0.879. The summed E-state index contributed by atoms with van der Waals surface area (Å²) in [7, 11) is 16.7. The third-order valence-electron chi connectivity index (χ3n) is 1.55. The summed E-state index contributed by atoms with van der Waals surface area (Å²) in [5, 5.41) is 0. The van der Waals surface area contributed by atoms with E-state index < -0.39 is 0 Å². The lowest BCUT2D eigenvalue weighted by Gasteiger charge is -1.96. The van der Waals surface area contributed by atoms with Crippen molar-refractivity contribution >= 4 is 50.2 Å². The minimum atomic E-state index is 1.19. The second-order valence-electron chi connectivity index (χ2n) is 2.69. The maximum Gasteiger partial charge on any atom is 0.0544 e. The molecule has 0 aromatic rings.